The first kappa shape index (κ1) is 25.6. The Morgan fingerprint density at radius 1 is 0.353 bits per heavy atom. The Labute approximate surface area is 213 Å². The molecule has 5 saturated carbocycles. The van der Waals surface area contributed by atoms with Gasteiger partial charge in [0.05, 0.1) is 0 Å². The van der Waals surface area contributed by atoms with Crippen LogP contribution in [0.4, 0.5) is 0 Å². The van der Waals surface area contributed by atoms with Crippen LogP contribution in [0.3, 0.4) is 0 Å². The molecular formula is C33H59N. The summed E-state index contributed by atoms with van der Waals surface area (Å²) in [7, 11) is 0. The topological polar surface area (TPSA) is 3.24 Å². The van der Waals surface area contributed by atoms with Crippen LogP contribution in [0.25, 0.3) is 0 Å². The smallest absolute Gasteiger partial charge is 0.0101 e. The summed E-state index contributed by atoms with van der Waals surface area (Å²) in [5.74, 6) is 7.25. The molecule has 0 saturated heterocycles. The van der Waals surface area contributed by atoms with Gasteiger partial charge in [-0.1, -0.05) is 59.3 Å². The van der Waals surface area contributed by atoms with Gasteiger partial charge in [-0.05, 0) is 131 Å². The summed E-state index contributed by atoms with van der Waals surface area (Å²) in [6.07, 6.45) is 30.5. The van der Waals surface area contributed by atoms with Gasteiger partial charge in [0.15, 0.2) is 0 Å². The highest BCUT2D eigenvalue weighted by molar-refractivity contribution is 4.94. The van der Waals surface area contributed by atoms with Crippen LogP contribution in [0.2, 0.25) is 0 Å². The third-order valence-electron chi connectivity index (χ3n) is 12.0. The molecule has 4 unspecified atom stereocenters. The largest absolute Gasteiger partial charge is 0.294 e. The second kappa shape index (κ2) is 12.0. The lowest BCUT2D eigenvalue weighted by atomic mass is 9.68. The number of rotatable bonds is 5. The normalized spacial score (nSPS) is 46.9. The lowest BCUT2D eigenvalue weighted by molar-refractivity contribution is -0.00716. The van der Waals surface area contributed by atoms with Gasteiger partial charge in [-0.15, -0.1) is 0 Å². The van der Waals surface area contributed by atoms with Crippen molar-refractivity contribution >= 4 is 0 Å². The van der Waals surface area contributed by atoms with E-state index in [4.69, 9.17) is 0 Å². The average Bonchev–Trinajstić information content (AvgIpc) is 2.86. The predicted octanol–water partition coefficient (Wildman–Crippen LogP) is 9.64. The fourth-order valence-electron chi connectivity index (χ4n) is 10.00. The van der Waals surface area contributed by atoms with Gasteiger partial charge in [-0.25, -0.2) is 0 Å². The molecule has 4 atom stereocenters. The van der Waals surface area contributed by atoms with Crippen molar-refractivity contribution in [3.05, 3.63) is 0 Å². The van der Waals surface area contributed by atoms with Gasteiger partial charge < -0.3 is 0 Å². The monoisotopic (exact) mass is 469 g/mol. The Kier molecular flexibility index (Phi) is 9.04. The Bertz CT molecular complexity index is 548. The molecule has 0 N–H and O–H groups in total. The van der Waals surface area contributed by atoms with Crippen LogP contribution >= 0.6 is 0 Å². The van der Waals surface area contributed by atoms with Crippen LogP contribution in [-0.4, -0.2) is 23.0 Å². The molecule has 0 radical (unpaired) electrons. The number of nitrogens with zero attached hydrogens (tertiary/aromatic N) is 1. The minimum Gasteiger partial charge on any atom is -0.294 e. The quantitative estimate of drug-likeness (QED) is 0.387. The maximum atomic E-state index is 3.23. The van der Waals surface area contributed by atoms with Gasteiger partial charge in [0.25, 0.3) is 0 Å². The van der Waals surface area contributed by atoms with E-state index in [2.05, 4.69) is 25.7 Å². The van der Waals surface area contributed by atoms with Crippen molar-refractivity contribution in [2.45, 2.75) is 167 Å². The summed E-state index contributed by atoms with van der Waals surface area (Å²) in [6.45, 7) is 7.55. The first-order valence-corrected chi connectivity index (χ1v) is 16.3. The molecule has 1 nitrogen and oxygen atoms in total. The fraction of sp³-hybridized carbons (Fsp3) is 1.00. The number of hydrogen-bond donors (Lipinski definition) is 0. The first-order valence-electron chi connectivity index (χ1n) is 16.3. The van der Waals surface area contributed by atoms with Crippen molar-refractivity contribution in [2.24, 2.45) is 41.4 Å². The van der Waals surface area contributed by atoms with E-state index >= 15 is 0 Å². The molecule has 5 rings (SSSR count). The van der Waals surface area contributed by atoms with Crippen LogP contribution in [-0.2, 0) is 0 Å². The van der Waals surface area contributed by atoms with Crippen molar-refractivity contribution in [3.8, 4) is 0 Å². The lowest BCUT2D eigenvalue weighted by Gasteiger charge is -2.50. The highest BCUT2D eigenvalue weighted by Gasteiger charge is 2.40. The van der Waals surface area contributed by atoms with Crippen molar-refractivity contribution in [2.75, 3.05) is 0 Å². The Hall–Kier alpha value is -0.0400. The molecule has 0 aromatic carbocycles. The van der Waals surface area contributed by atoms with E-state index in [1.807, 2.05) is 0 Å². The molecule has 0 aromatic heterocycles. The van der Waals surface area contributed by atoms with Crippen molar-refractivity contribution in [1.29, 1.82) is 0 Å². The van der Waals surface area contributed by atoms with Gasteiger partial charge in [-0.3, -0.25) is 4.90 Å². The first-order chi connectivity index (χ1) is 16.6. The molecule has 0 spiro atoms. The predicted molar refractivity (Wildman–Crippen MR) is 147 cm³/mol. The Morgan fingerprint density at radius 2 is 0.735 bits per heavy atom. The summed E-state index contributed by atoms with van der Waals surface area (Å²) in [4.78, 5) is 3.23. The van der Waals surface area contributed by atoms with Gasteiger partial charge in [0, 0.05) is 18.1 Å². The van der Waals surface area contributed by atoms with Crippen LogP contribution in [0, 0.1) is 41.4 Å². The molecular weight excluding hydrogens is 410 g/mol. The lowest BCUT2D eigenvalue weighted by Crippen LogP contribution is -2.53. The molecule has 0 heterocycles. The molecule has 5 aliphatic rings. The minimum absolute atomic E-state index is 0.920. The zero-order valence-electron chi connectivity index (χ0n) is 23.4. The Morgan fingerprint density at radius 3 is 1.12 bits per heavy atom. The van der Waals surface area contributed by atoms with Crippen molar-refractivity contribution in [1.82, 2.24) is 4.90 Å². The van der Waals surface area contributed by atoms with Gasteiger partial charge in [0.2, 0.25) is 0 Å². The number of hydrogen-bond acceptors (Lipinski definition) is 1. The standard InChI is InChI=1S/C33H59N/c1-24-10-16-31(17-11-24)34(32-18-12-27(13-19-32)29-8-4-6-25(2)22-29)33-20-14-28(15-21-33)30-9-5-7-26(3)23-30/h24-33H,4-23H2,1-3H3. The van der Waals surface area contributed by atoms with E-state index in [0.29, 0.717) is 0 Å². The summed E-state index contributed by atoms with van der Waals surface area (Å²) in [5, 5.41) is 0. The molecule has 0 amide bonds. The van der Waals surface area contributed by atoms with Crippen molar-refractivity contribution < 1.29 is 0 Å². The van der Waals surface area contributed by atoms with Crippen LogP contribution in [0.15, 0.2) is 0 Å². The molecule has 0 aliphatic heterocycles. The molecule has 1 heteroatoms. The molecule has 5 aliphatic carbocycles. The zero-order chi connectivity index (χ0) is 23.5. The maximum Gasteiger partial charge on any atom is 0.0101 e. The van der Waals surface area contributed by atoms with E-state index in [1.165, 1.54) is 77.0 Å². The van der Waals surface area contributed by atoms with Crippen LogP contribution < -0.4 is 0 Å². The van der Waals surface area contributed by atoms with Gasteiger partial charge in [-0.2, -0.15) is 0 Å². The van der Waals surface area contributed by atoms with E-state index in [-0.39, 0.29) is 0 Å². The second-order valence-electron chi connectivity index (χ2n) is 14.6. The summed E-state index contributed by atoms with van der Waals surface area (Å²) >= 11 is 0. The zero-order valence-corrected chi connectivity index (χ0v) is 23.4. The van der Waals surface area contributed by atoms with Gasteiger partial charge in [0.1, 0.15) is 0 Å². The molecule has 34 heavy (non-hydrogen) atoms. The van der Waals surface area contributed by atoms with E-state index in [9.17, 15) is 0 Å². The van der Waals surface area contributed by atoms with Gasteiger partial charge >= 0.3 is 0 Å². The third kappa shape index (κ3) is 6.26. The molecule has 0 bridgehead atoms. The highest BCUT2D eigenvalue weighted by atomic mass is 15.2. The summed E-state index contributed by atoms with van der Waals surface area (Å²) < 4.78 is 0. The molecule has 196 valence electrons. The maximum absolute atomic E-state index is 3.23. The minimum atomic E-state index is 0.920. The summed E-state index contributed by atoms with van der Waals surface area (Å²) in [6, 6.07) is 2.77. The van der Waals surface area contributed by atoms with E-state index in [1.54, 1.807) is 51.4 Å². The Balaban J connectivity index is 1.19. The average molecular weight is 470 g/mol. The summed E-state index contributed by atoms with van der Waals surface area (Å²) in [5.41, 5.74) is 0. The highest BCUT2D eigenvalue weighted by Crippen LogP contribution is 2.45. The SMILES string of the molecule is CC1CCC(N(C2CCC(C3CCCC(C)C3)CC2)C2CCC(C3CCCC(C)C3)CC2)CC1. The molecule has 5 fully saturated rings. The van der Waals surface area contributed by atoms with Crippen LogP contribution in [0.5, 0.6) is 0 Å². The fourth-order valence-corrected chi connectivity index (χ4v) is 10.00. The third-order valence-corrected chi connectivity index (χ3v) is 12.0. The second-order valence-corrected chi connectivity index (χ2v) is 14.6. The van der Waals surface area contributed by atoms with E-state index in [0.717, 1.165) is 59.6 Å². The van der Waals surface area contributed by atoms with E-state index < -0.39 is 0 Å². The molecule has 0 aromatic rings. The van der Waals surface area contributed by atoms with Crippen molar-refractivity contribution in [3.63, 3.8) is 0 Å². The van der Waals surface area contributed by atoms with Crippen LogP contribution in [0.1, 0.15) is 149 Å².